The van der Waals surface area contributed by atoms with E-state index in [9.17, 15) is 9.59 Å². The topological polar surface area (TPSA) is 88.9 Å². The average molecular weight is 474 g/mol. The Morgan fingerprint density at radius 2 is 1.83 bits per heavy atom. The van der Waals surface area contributed by atoms with Gasteiger partial charge in [0.05, 0.1) is 11.4 Å². The number of rotatable bonds is 6. The minimum atomic E-state index is -0.142. The molecular weight excluding hydrogens is 454 g/mol. The number of aromatic nitrogens is 3. The van der Waals surface area contributed by atoms with Crippen molar-refractivity contribution >= 4 is 50.9 Å². The molecule has 3 rings (SSSR count). The second-order valence-electron chi connectivity index (χ2n) is 6.40. The van der Waals surface area contributed by atoms with Crippen molar-refractivity contribution in [1.82, 2.24) is 14.8 Å². The Kier molecular flexibility index (Phi) is 6.71. The van der Waals surface area contributed by atoms with E-state index in [1.807, 2.05) is 60.9 Å². The fraction of sp³-hybridized carbons (Fsp3) is 0.200. The summed E-state index contributed by atoms with van der Waals surface area (Å²) in [5.74, 6) is 0.614. The van der Waals surface area contributed by atoms with E-state index in [2.05, 4.69) is 36.8 Å². The van der Waals surface area contributed by atoms with Crippen molar-refractivity contribution in [2.45, 2.75) is 25.9 Å². The van der Waals surface area contributed by atoms with Gasteiger partial charge >= 0.3 is 0 Å². The van der Waals surface area contributed by atoms with Gasteiger partial charge in [-0.15, -0.1) is 10.2 Å². The molecule has 1 aromatic heterocycles. The maximum absolute atomic E-state index is 12.4. The summed E-state index contributed by atoms with van der Waals surface area (Å²) < 4.78 is 2.85. The highest BCUT2D eigenvalue weighted by molar-refractivity contribution is 9.10. The largest absolute Gasteiger partial charge is 0.326 e. The molecular formula is C20H20BrN5O2S. The first-order valence-corrected chi connectivity index (χ1v) is 10.6. The van der Waals surface area contributed by atoms with E-state index in [0.717, 1.165) is 21.4 Å². The number of nitrogens with zero attached hydrogens (tertiary/aromatic N) is 3. The van der Waals surface area contributed by atoms with Crippen molar-refractivity contribution in [1.29, 1.82) is 0 Å². The number of carbonyl (C=O) groups excluding carboxylic acids is 2. The maximum atomic E-state index is 12.4. The lowest BCUT2D eigenvalue weighted by Gasteiger charge is -2.11. The minimum absolute atomic E-state index is 0.129. The van der Waals surface area contributed by atoms with Crippen LogP contribution in [0.15, 0.2) is 52.1 Å². The summed E-state index contributed by atoms with van der Waals surface area (Å²) in [6.45, 7) is 5.27. The van der Waals surface area contributed by atoms with Crippen LogP contribution in [0, 0.1) is 13.8 Å². The molecule has 150 valence electrons. The summed E-state index contributed by atoms with van der Waals surface area (Å²) in [4.78, 5) is 23.7. The number of amides is 2. The summed E-state index contributed by atoms with van der Waals surface area (Å²) in [5.41, 5.74) is 3.29. The Morgan fingerprint density at radius 3 is 2.55 bits per heavy atom. The van der Waals surface area contributed by atoms with E-state index in [-0.39, 0.29) is 17.6 Å². The number of halogens is 1. The van der Waals surface area contributed by atoms with Gasteiger partial charge in [-0.3, -0.25) is 14.2 Å². The zero-order valence-electron chi connectivity index (χ0n) is 16.2. The number of anilines is 2. The molecule has 0 bridgehead atoms. The maximum Gasteiger partial charge on any atom is 0.234 e. The number of aryl methyl sites for hydroxylation is 2. The monoisotopic (exact) mass is 473 g/mol. The first-order valence-electron chi connectivity index (χ1n) is 8.82. The van der Waals surface area contributed by atoms with Crippen molar-refractivity contribution in [2.75, 3.05) is 16.4 Å². The first kappa shape index (κ1) is 21.1. The normalized spacial score (nSPS) is 10.6. The molecule has 0 radical (unpaired) electrons. The van der Waals surface area contributed by atoms with Crippen LogP contribution >= 0.6 is 27.7 Å². The second kappa shape index (κ2) is 9.23. The lowest BCUT2D eigenvalue weighted by molar-refractivity contribution is -0.114. The molecule has 0 aliphatic carbocycles. The predicted octanol–water partition coefficient (Wildman–Crippen LogP) is 4.34. The molecule has 0 unspecified atom stereocenters. The fourth-order valence-corrected chi connectivity index (χ4v) is 3.75. The quantitative estimate of drug-likeness (QED) is 0.519. The van der Waals surface area contributed by atoms with Crippen molar-refractivity contribution in [3.8, 4) is 5.69 Å². The van der Waals surface area contributed by atoms with Crippen LogP contribution < -0.4 is 10.6 Å². The Balaban J connectivity index is 1.72. The lowest BCUT2D eigenvalue weighted by Crippen LogP contribution is -2.14. The van der Waals surface area contributed by atoms with Gasteiger partial charge in [0.2, 0.25) is 11.8 Å². The number of hydrogen-bond acceptors (Lipinski definition) is 5. The zero-order chi connectivity index (χ0) is 21.0. The lowest BCUT2D eigenvalue weighted by atomic mass is 10.2. The van der Waals surface area contributed by atoms with Crippen LogP contribution in [0.5, 0.6) is 0 Å². The van der Waals surface area contributed by atoms with E-state index in [0.29, 0.717) is 16.7 Å². The van der Waals surface area contributed by atoms with Gasteiger partial charge in [0.15, 0.2) is 5.16 Å². The number of nitrogens with one attached hydrogen (secondary N) is 2. The summed E-state index contributed by atoms with van der Waals surface area (Å²) in [6, 6.07) is 13.1. The van der Waals surface area contributed by atoms with Gasteiger partial charge in [-0.2, -0.15) is 0 Å². The molecule has 1 heterocycles. The van der Waals surface area contributed by atoms with Crippen molar-refractivity contribution in [3.63, 3.8) is 0 Å². The van der Waals surface area contributed by atoms with Crippen LogP contribution in [0.4, 0.5) is 11.4 Å². The Bertz CT molecular complexity index is 1070. The number of thioether (sulfide) groups is 1. The summed E-state index contributed by atoms with van der Waals surface area (Å²) in [5, 5.41) is 14.6. The van der Waals surface area contributed by atoms with E-state index >= 15 is 0 Å². The van der Waals surface area contributed by atoms with Gasteiger partial charge in [-0.05, 0) is 55.8 Å². The van der Waals surface area contributed by atoms with E-state index in [1.54, 1.807) is 0 Å². The van der Waals surface area contributed by atoms with Gasteiger partial charge < -0.3 is 10.6 Å². The molecule has 2 aromatic carbocycles. The molecule has 9 heteroatoms. The van der Waals surface area contributed by atoms with Crippen molar-refractivity contribution in [3.05, 3.63) is 58.3 Å². The van der Waals surface area contributed by atoms with Gasteiger partial charge in [0.1, 0.15) is 5.82 Å². The van der Waals surface area contributed by atoms with Crippen LogP contribution in [0.25, 0.3) is 5.69 Å². The fourth-order valence-electron chi connectivity index (χ4n) is 2.71. The second-order valence-corrected chi connectivity index (χ2v) is 8.19. The first-order chi connectivity index (χ1) is 13.8. The van der Waals surface area contributed by atoms with Crippen LogP contribution in [0.3, 0.4) is 0 Å². The smallest absolute Gasteiger partial charge is 0.234 e. The highest BCUT2D eigenvalue weighted by Gasteiger charge is 2.14. The zero-order valence-corrected chi connectivity index (χ0v) is 18.6. The van der Waals surface area contributed by atoms with Crippen LogP contribution in [0.2, 0.25) is 0 Å². The van der Waals surface area contributed by atoms with Gasteiger partial charge in [-0.1, -0.05) is 33.8 Å². The van der Waals surface area contributed by atoms with Crippen LogP contribution in [0.1, 0.15) is 18.3 Å². The molecule has 2 amide bonds. The van der Waals surface area contributed by atoms with Crippen LogP contribution in [-0.4, -0.2) is 32.3 Å². The molecule has 29 heavy (non-hydrogen) atoms. The Hall–Kier alpha value is -2.65. The van der Waals surface area contributed by atoms with E-state index in [1.165, 1.54) is 18.7 Å². The van der Waals surface area contributed by atoms with E-state index in [4.69, 9.17) is 0 Å². The molecule has 0 atom stereocenters. The number of benzene rings is 2. The molecule has 0 saturated carbocycles. The van der Waals surface area contributed by atoms with Gasteiger partial charge in [0.25, 0.3) is 0 Å². The number of carbonyl (C=O) groups is 2. The average Bonchev–Trinajstić information content (AvgIpc) is 3.03. The molecule has 0 spiro atoms. The Labute approximate surface area is 181 Å². The third kappa shape index (κ3) is 5.45. The van der Waals surface area contributed by atoms with Crippen molar-refractivity contribution in [2.24, 2.45) is 0 Å². The molecule has 7 nitrogen and oxygen atoms in total. The molecule has 0 saturated heterocycles. The highest BCUT2D eigenvalue weighted by Crippen LogP contribution is 2.24. The molecule has 0 aliphatic rings. The third-order valence-electron chi connectivity index (χ3n) is 3.99. The standard InChI is InChI=1S/C20H20BrN5O2S/c1-12-9-16(7-8-18(12)21)23-19(28)11-29-20-25-24-13(2)26(20)17-6-4-5-15(10-17)22-14(3)27/h4-10H,11H2,1-3H3,(H,22,27)(H,23,28). The SMILES string of the molecule is CC(=O)Nc1cccc(-n2c(C)nnc2SCC(=O)Nc2ccc(Br)c(C)c2)c1. The molecule has 0 fully saturated rings. The summed E-state index contributed by atoms with van der Waals surface area (Å²) in [7, 11) is 0. The predicted molar refractivity (Wildman–Crippen MR) is 119 cm³/mol. The van der Waals surface area contributed by atoms with Crippen molar-refractivity contribution < 1.29 is 9.59 Å². The third-order valence-corrected chi connectivity index (χ3v) is 5.81. The van der Waals surface area contributed by atoms with Gasteiger partial charge in [0, 0.05) is 22.8 Å². The molecule has 3 aromatic rings. The highest BCUT2D eigenvalue weighted by atomic mass is 79.9. The number of hydrogen-bond donors (Lipinski definition) is 2. The molecule has 0 aliphatic heterocycles. The Morgan fingerprint density at radius 1 is 1.07 bits per heavy atom. The summed E-state index contributed by atoms with van der Waals surface area (Å²) in [6.07, 6.45) is 0. The van der Waals surface area contributed by atoms with E-state index < -0.39 is 0 Å². The minimum Gasteiger partial charge on any atom is -0.326 e. The summed E-state index contributed by atoms with van der Waals surface area (Å²) >= 11 is 4.75. The van der Waals surface area contributed by atoms with Gasteiger partial charge in [-0.25, -0.2) is 0 Å². The van der Waals surface area contributed by atoms with Crippen LogP contribution in [-0.2, 0) is 9.59 Å². The molecule has 2 N–H and O–H groups in total.